The van der Waals surface area contributed by atoms with Gasteiger partial charge in [-0.1, -0.05) is 12.1 Å². The Morgan fingerprint density at radius 2 is 2.00 bits per heavy atom. The van der Waals surface area contributed by atoms with Gasteiger partial charge in [0.05, 0.1) is 29.9 Å². The number of aliphatic hydroxyl groups is 1. The molecule has 0 saturated heterocycles. The number of methoxy groups -OCH3 is 1. The molecule has 0 spiro atoms. The minimum Gasteiger partial charge on any atom is -0.466 e. The zero-order chi connectivity index (χ0) is 29.2. The van der Waals surface area contributed by atoms with Crippen LogP contribution in [0.1, 0.15) is 42.5 Å². The second kappa shape index (κ2) is 11.1. The predicted octanol–water partition coefficient (Wildman–Crippen LogP) is 3.36. The number of H-pyrrole nitrogens is 1. The van der Waals surface area contributed by atoms with Gasteiger partial charge in [-0.3, -0.25) is 9.69 Å². The smallest absolute Gasteiger partial charge is 0.416 e. The summed E-state index contributed by atoms with van der Waals surface area (Å²) in [4.78, 5) is 40.1. The van der Waals surface area contributed by atoms with Crippen LogP contribution in [0.25, 0.3) is 0 Å². The number of aliphatic hydroxyl groups excluding tert-OH is 1. The molecule has 2 aromatic carbocycles. The molecule has 2 heterocycles. The fourth-order valence-electron chi connectivity index (χ4n) is 4.50. The minimum absolute atomic E-state index is 0.0233. The van der Waals surface area contributed by atoms with Gasteiger partial charge in [0.1, 0.15) is 6.04 Å². The van der Waals surface area contributed by atoms with Crippen LogP contribution in [-0.2, 0) is 20.5 Å². The second-order valence-electron chi connectivity index (χ2n) is 8.76. The van der Waals surface area contributed by atoms with Crippen molar-refractivity contribution in [3.05, 3.63) is 80.9 Å². The summed E-state index contributed by atoms with van der Waals surface area (Å²) < 4.78 is 46.6. The van der Waals surface area contributed by atoms with Crippen molar-refractivity contribution in [2.75, 3.05) is 23.9 Å². The summed E-state index contributed by atoms with van der Waals surface area (Å²) in [5.41, 5.74) is -1.29. The summed E-state index contributed by atoms with van der Waals surface area (Å²) in [6.45, 7) is 1.24. The van der Waals surface area contributed by atoms with Gasteiger partial charge in [-0.25, -0.2) is 19.3 Å². The van der Waals surface area contributed by atoms with Gasteiger partial charge in [0, 0.05) is 35.7 Å². The van der Waals surface area contributed by atoms with Gasteiger partial charge in [0.25, 0.3) is 0 Å². The number of allylic oxidation sites excluding steroid dienone is 1. The van der Waals surface area contributed by atoms with E-state index < -0.39 is 35.3 Å². The molecule has 0 saturated carbocycles. The molecule has 3 aromatic rings. The van der Waals surface area contributed by atoms with E-state index in [1.807, 2.05) is 6.07 Å². The van der Waals surface area contributed by atoms with Crippen LogP contribution in [0.15, 0.2) is 58.5 Å². The number of benzene rings is 2. The molecular formula is C26H23F3N6O5. The third-order valence-corrected chi connectivity index (χ3v) is 6.29. The highest BCUT2D eigenvalue weighted by molar-refractivity contribution is 5.96. The van der Waals surface area contributed by atoms with E-state index in [4.69, 9.17) is 9.84 Å². The van der Waals surface area contributed by atoms with E-state index in [0.29, 0.717) is 0 Å². The van der Waals surface area contributed by atoms with E-state index in [9.17, 15) is 32.8 Å². The number of rotatable bonds is 7. The van der Waals surface area contributed by atoms with Crippen LogP contribution in [-0.4, -0.2) is 45.5 Å². The van der Waals surface area contributed by atoms with Crippen LogP contribution in [0.3, 0.4) is 0 Å². The highest BCUT2D eigenvalue weighted by atomic mass is 19.4. The van der Waals surface area contributed by atoms with Crippen molar-refractivity contribution < 1.29 is 32.6 Å². The van der Waals surface area contributed by atoms with Crippen LogP contribution in [0.5, 0.6) is 0 Å². The summed E-state index contributed by atoms with van der Waals surface area (Å²) in [7, 11) is 1.11. The summed E-state index contributed by atoms with van der Waals surface area (Å²) in [6.07, 6.45) is -4.53. The molecule has 0 unspecified atom stereocenters. The maximum absolute atomic E-state index is 13.5. The summed E-state index contributed by atoms with van der Waals surface area (Å²) in [5, 5.41) is 27.5. The molecule has 1 amide bonds. The normalized spacial score (nSPS) is 14.9. The van der Waals surface area contributed by atoms with Gasteiger partial charge >= 0.3 is 17.8 Å². The third kappa shape index (κ3) is 5.19. The molecule has 11 nitrogen and oxygen atoms in total. The first kappa shape index (κ1) is 28.1. The van der Waals surface area contributed by atoms with Gasteiger partial charge in [0.2, 0.25) is 11.9 Å². The molecule has 1 aliphatic rings. The third-order valence-electron chi connectivity index (χ3n) is 6.29. The fraction of sp³-hybridized carbons (Fsp3) is 0.269. The van der Waals surface area contributed by atoms with Gasteiger partial charge in [-0.2, -0.15) is 18.4 Å². The van der Waals surface area contributed by atoms with Crippen LogP contribution in [0.2, 0.25) is 0 Å². The Hall–Kier alpha value is -4.90. The zero-order valence-corrected chi connectivity index (χ0v) is 21.2. The maximum atomic E-state index is 13.5. The molecule has 1 atom stereocenters. The number of hydrogen-bond acceptors (Lipinski definition) is 8. The second-order valence-corrected chi connectivity index (χ2v) is 8.76. The number of anilines is 3. The summed E-state index contributed by atoms with van der Waals surface area (Å²) in [5.74, 6) is -1.51. The van der Waals surface area contributed by atoms with E-state index in [1.165, 1.54) is 42.2 Å². The minimum atomic E-state index is -4.66. The molecule has 0 bridgehead atoms. The Balaban J connectivity index is 1.98. The van der Waals surface area contributed by atoms with Crippen molar-refractivity contribution in [3.63, 3.8) is 0 Å². The lowest BCUT2D eigenvalue weighted by Crippen LogP contribution is -2.38. The van der Waals surface area contributed by atoms with E-state index >= 15 is 0 Å². The Labute approximate surface area is 225 Å². The van der Waals surface area contributed by atoms with E-state index in [2.05, 4.69) is 15.5 Å². The number of amides is 1. The van der Waals surface area contributed by atoms with Crippen molar-refractivity contribution in [3.8, 4) is 6.07 Å². The molecule has 40 heavy (non-hydrogen) atoms. The Morgan fingerprint density at radius 3 is 2.65 bits per heavy atom. The highest BCUT2D eigenvalue weighted by Crippen LogP contribution is 2.44. The number of halogens is 3. The number of nitrogens with one attached hydrogen (secondary N) is 2. The number of nitrogens with zero attached hydrogens (tertiary/aromatic N) is 4. The summed E-state index contributed by atoms with van der Waals surface area (Å²) in [6, 6.07) is 9.23. The highest BCUT2D eigenvalue weighted by Gasteiger charge is 2.41. The van der Waals surface area contributed by atoms with Crippen LogP contribution in [0, 0.1) is 11.3 Å². The number of esters is 1. The van der Waals surface area contributed by atoms with Crippen molar-refractivity contribution in [2.24, 2.45) is 0 Å². The van der Waals surface area contributed by atoms with Crippen LogP contribution in [0.4, 0.5) is 30.5 Å². The predicted molar refractivity (Wildman–Crippen MR) is 135 cm³/mol. The van der Waals surface area contributed by atoms with Crippen LogP contribution < -0.4 is 15.9 Å². The van der Waals surface area contributed by atoms with Crippen LogP contribution >= 0.6 is 0 Å². The van der Waals surface area contributed by atoms with Gasteiger partial charge in [-0.15, -0.1) is 5.10 Å². The number of fused-ring (bicyclic) bond motifs is 1. The lowest BCUT2D eigenvalue weighted by Gasteiger charge is -2.36. The Kier molecular flexibility index (Phi) is 7.78. The first-order valence-electron chi connectivity index (χ1n) is 11.9. The number of aromatic amines is 1. The average Bonchev–Trinajstić information content (AvgIpc) is 3.31. The fourth-order valence-corrected chi connectivity index (χ4v) is 4.50. The quantitative estimate of drug-likeness (QED) is 0.375. The lowest BCUT2D eigenvalue weighted by atomic mass is 9.92. The molecule has 14 heteroatoms. The first-order valence-corrected chi connectivity index (χ1v) is 11.9. The van der Waals surface area contributed by atoms with Crippen molar-refractivity contribution in [1.82, 2.24) is 14.8 Å². The lowest BCUT2D eigenvalue weighted by molar-refractivity contribution is -0.138. The Bertz CT molecular complexity index is 1600. The van der Waals surface area contributed by atoms with Crippen molar-refractivity contribution >= 4 is 29.2 Å². The van der Waals surface area contributed by atoms with Crippen molar-refractivity contribution in [2.45, 2.75) is 32.0 Å². The molecule has 208 valence electrons. The Morgan fingerprint density at radius 1 is 1.25 bits per heavy atom. The van der Waals surface area contributed by atoms with Gasteiger partial charge < -0.3 is 15.2 Å². The number of nitriles is 1. The number of ether oxygens (including phenoxy) is 1. The molecule has 0 fully saturated rings. The maximum Gasteiger partial charge on any atom is 0.416 e. The number of carbonyl (C=O) groups is 2. The topological polar surface area (TPSA) is 153 Å². The molecule has 1 aromatic heterocycles. The van der Waals surface area contributed by atoms with E-state index in [-0.39, 0.29) is 59.2 Å². The number of aromatic nitrogens is 3. The van der Waals surface area contributed by atoms with Gasteiger partial charge in [-0.05, 0) is 43.7 Å². The zero-order valence-electron chi connectivity index (χ0n) is 21.2. The largest absolute Gasteiger partial charge is 0.466 e. The monoisotopic (exact) mass is 556 g/mol. The molecule has 0 radical (unpaired) electrons. The molecule has 0 aliphatic carbocycles. The molecule has 4 rings (SSSR count). The number of hydrogen-bond donors (Lipinski definition) is 3. The molecule has 3 N–H and O–H groups in total. The summed E-state index contributed by atoms with van der Waals surface area (Å²) >= 11 is 0. The molecule has 1 aliphatic heterocycles. The standard InChI is InChI=1S/C26H23F3N6O5/c1-14-21(23(38)40-2)22(18-9-8-15(13-30)11-19(18)31-20(37)7-4-10-36)35-24(32-33-25(35)39)34(14)17-6-3-5-16(12-17)26(27,28)29/h3,5-6,8-9,11-12,22,36H,4,7,10H2,1-2H3,(H,31,37)(H,33,39)/t22-/m1/s1. The SMILES string of the molecule is COC(=O)C1=C(C)N(c2cccc(C(F)(F)F)c2)c2n[nH]c(=O)n2[C@@H]1c1ccc(C#N)cc1NC(=O)CCCO. The van der Waals surface area contributed by atoms with E-state index in [0.717, 1.165) is 23.8 Å². The van der Waals surface area contributed by atoms with Crippen molar-refractivity contribution in [1.29, 1.82) is 5.26 Å². The van der Waals surface area contributed by atoms with E-state index in [1.54, 1.807) is 0 Å². The first-order chi connectivity index (χ1) is 19.0. The van der Waals surface area contributed by atoms with Gasteiger partial charge in [0.15, 0.2) is 0 Å². The number of alkyl halides is 3. The number of carbonyl (C=O) groups excluding carboxylic acids is 2. The average molecular weight is 557 g/mol. The molecular weight excluding hydrogens is 533 g/mol.